The molecule has 0 amide bonds. The van der Waals surface area contributed by atoms with E-state index in [1.165, 1.54) is 20.7 Å². The summed E-state index contributed by atoms with van der Waals surface area (Å²) in [6.07, 6.45) is 0. The molecular formula is C18H20N2S. The van der Waals surface area contributed by atoms with Crippen LogP contribution in [0.15, 0.2) is 42.5 Å². The van der Waals surface area contributed by atoms with Crippen molar-refractivity contribution in [1.82, 2.24) is 4.98 Å². The van der Waals surface area contributed by atoms with Crippen molar-refractivity contribution >= 4 is 22.2 Å². The highest BCUT2D eigenvalue weighted by Crippen LogP contribution is 2.35. The van der Waals surface area contributed by atoms with Crippen LogP contribution in [0.3, 0.4) is 0 Å². The molecule has 1 aromatic carbocycles. The molecule has 1 unspecified atom stereocenters. The highest BCUT2D eigenvalue weighted by atomic mass is 32.1. The monoisotopic (exact) mass is 296 g/mol. The summed E-state index contributed by atoms with van der Waals surface area (Å²) in [5, 5.41) is 1.18. The Labute approximate surface area is 129 Å². The minimum atomic E-state index is 0.105. The highest BCUT2D eigenvalue weighted by molar-refractivity contribution is 7.15. The summed E-state index contributed by atoms with van der Waals surface area (Å²) >= 11 is 1.78. The summed E-state index contributed by atoms with van der Waals surface area (Å²) in [6.45, 7) is 6.35. The van der Waals surface area contributed by atoms with Gasteiger partial charge in [-0.1, -0.05) is 38.1 Å². The number of aryl methyl sites for hydroxylation is 1. The van der Waals surface area contributed by atoms with E-state index in [1.807, 2.05) is 6.92 Å². The predicted molar refractivity (Wildman–Crippen MR) is 91.6 cm³/mol. The number of fused-ring (bicyclic) bond motifs is 1. The number of hydrogen-bond acceptors (Lipinski definition) is 3. The van der Waals surface area contributed by atoms with Crippen LogP contribution in [-0.4, -0.2) is 4.98 Å². The van der Waals surface area contributed by atoms with Gasteiger partial charge in [0.25, 0.3) is 0 Å². The van der Waals surface area contributed by atoms with Gasteiger partial charge in [-0.3, -0.25) is 4.98 Å². The molecule has 2 nitrogen and oxygen atoms in total. The van der Waals surface area contributed by atoms with E-state index in [0.717, 1.165) is 11.2 Å². The zero-order valence-electron chi connectivity index (χ0n) is 12.6. The molecule has 0 radical (unpaired) electrons. The van der Waals surface area contributed by atoms with Crippen molar-refractivity contribution in [3.05, 3.63) is 53.0 Å². The molecule has 21 heavy (non-hydrogen) atoms. The van der Waals surface area contributed by atoms with E-state index in [9.17, 15) is 0 Å². The first-order chi connectivity index (χ1) is 10.1. The minimum absolute atomic E-state index is 0.105. The van der Waals surface area contributed by atoms with Crippen LogP contribution in [0.5, 0.6) is 0 Å². The molecule has 2 heterocycles. The van der Waals surface area contributed by atoms with Gasteiger partial charge in [0.2, 0.25) is 0 Å². The topological polar surface area (TPSA) is 38.9 Å². The first-order valence-electron chi connectivity index (χ1n) is 7.28. The minimum Gasteiger partial charge on any atom is -0.323 e. The van der Waals surface area contributed by atoms with Crippen molar-refractivity contribution in [2.45, 2.75) is 26.8 Å². The zero-order chi connectivity index (χ0) is 15.0. The number of aromatic nitrogens is 1. The highest BCUT2D eigenvalue weighted by Gasteiger charge is 2.14. The Bertz CT molecular complexity index is 774. The SMILES string of the molecule is Cc1ccc2cccc(-c3ccc(C(N)C(C)C)s3)c2n1. The van der Waals surface area contributed by atoms with Crippen LogP contribution < -0.4 is 5.73 Å². The van der Waals surface area contributed by atoms with E-state index >= 15 is 0 Å². The maximum atomic E-state index is 6.26. The summed E-state index contributed by atoms with van der Waals surface area (Å²) in [7, 11) is 0. The maximum Gasteiger partial charge on any atom is 0.0791 e. The van der Waals surface area contributed by atoms with Crippen molar-refractivity contribution in [3.8, 4) is 10.4 Å². The quantitative estimate of drug-likeness (QED) is 0.744. The number of thiophene rings is 1. The summed E-state index contributed by atoms with van der Waals surface area (Å²) < 4.78 is 0. The summed E-state index contributed by atoms with van der Waals surface area (Å²) in [5.74, 6) is 0.449. The molecule has 3 heteroatoms. The van der Waals surface area contributed by atoms with Crippen LogP contribution >= 0.6 is 11.3 Å². The lowest BCUT2D eigenvalue weighted by Crippen LogP contribution is -2.14. The van der Waals surface area contributed by atoms with Gasteiger partial charge >= 0.3 is 0 Å². The lowest BCUT2D eigenvalue weighted by Gasteiger charge is -2.13. The summed E-state index contributed by atoms with van der Waals surface area (Å²) in [6, 6.07) is 15.0. The molecule has 2 aromatic heterocycles. The van der Waals surface area contributed by atoms with E-state index in [-0.39, 0.29) is 6.04 Å². The van der Waals surface area contributed by atoms with E-state index < -0.39 is 0 Å². The van der Waals surface area contributed by atoms with Crippen LogP contribution in [0.25, 0.3) is 21.3 Å². The molecule has 0 saturated heterocycles. The molecule has 0 aliphatic rings. The second-order valence-corrected chi connectivity index (χ2v) is 6.92. The molecule has 3 rings (SSSR count). The van der Waals surface area contributed by atoms with Crippen molar-refractivity contribution < 1.29 is 0 Å². The molecule has 0 fully saturated rings. The smallest absolute Gasteiger partial charge is 0.0791 e. The standard InChI is InChI=1S/C18H20N2S/c1-11(2)17(19)16-10-9-15(21-16)14-6-4-5-13-8-7-12(3)20-18(13)14/h4-11,17H,19H2,1-3H3. The third-order valence-electron chi connectivity index (χ3n) is 3.80. The van der Waals surface area contributed by atoms with Gasteiger partial charge in [-0.05, 0) is 31.0 Å². The average molecular weight is 296 g/mol. The lowest BCUT2D eigenvalue weighted by atomic mass is 10.0. The number of rotatable bonds is 3. The fourth-order valence-corrected chi connectivity index (χ4v) is 3.66. The largest absolute Gasteiger partial charge is 0.323 e. The van der Waals surface area contributed by atoms with E-state index in [0.29, 0.717) is 5.92 Å². The first-order valence-corrected chi connectivity index (χ1v) is 8.10. The normalized spacial score (nSPS) is 13.0. The van der Waals surface area contributed by atoms with E-state index in [1.54, 1.807) is 11.3 Å². The van der Waals surface area contributed by atoms with Crippen molar-refractivity contribution in [3.63, 3.8) is 0 Å². The van der Waals surface area contributed by atoms with Gasteiger partial charge in [0.15, 0.2) is 0 Å². The molecule has 0 aliphatic carbocycles. The Kier molecular flexibility index (Phi) is 3.79. The summed E-state index contributed by atoms with van der Waals surface area (Å²) in [5.41, 5.74) is 9.58. The number of hydrogen-bond donors (Lipinski definition) is 1. The number of nitrogens with two attached hydrogens (primary N) is 1. The Balaban J connectivity index is 2.11. The fourth-order valence-electron chi connectivity index (χ4n) is 2.45. The molecule has 108 valence electrons. The third-order valence-corrected chi connectivity index (χ3v) is 5.02. The van der Waals surface area contributed by atoms with E-state index in [2.05, 4.69) is 56.3 Å². The molecule has 3 aromatic rings. The zero-order valence-corrected chi connectivity index (χ0v) is 13.4. The third kappa shape index (κ3) is 2.71. The number of nitrogens with zero attached hydrogens (tertiary/aromatic N) is 1. The Hall–Kier alpha value is -1.71. The molecule has 0 bridgehead atoms. The van der Waals surface area contributed by atoms with Gasteiger partial charge in [0, 0.05) is 32.4 Å². The van der Waals surface area contributed by atoms with Gasteiger partial charge < -0.3 is 5.73 Å². The van der Waals surface area contributed by atoms with Gasteiger partial charge in [0.1, 0.15) is 0 Å². The van der Waals surface area contributed by atoms with Crippen LogP contribution in [0.2, 0.25) is 0 Å². The summed E-state index contributed by atoms with van der Waals surface area (Å²) in [4.78, 5) is 7.20. The van der Waals surface area contributed by atoms with E-state index in [4.69, 9.17) is 10.7 Å². The second-order valence-electron chi connectivity index (χ2n) is 5.80. The van der Waals surface area contributed by atoms with Gasteiger partial charge in [-0.25, -0.2) is 0 Å². The Morgan fingerprint density at radius 1 is 1.05 bits per heavy atom. The Morgan fingerprint density at radius 2 is 1.86 bits per heavy atom. The van der Waals surface area contributed by atoms with Crippen LogP contribution in [0.1, 0.15) is 30.5 Å². The number of benzene rings is 1. The molecule has 0 aliphatic heterocycles. The van der Waals surface area contributed by atoms with Crippen LogP contribution in [0, 0.1) is 12.8 Å². The number of para-hydroxylation sites is 1. The molecular weight excluding hydrogens is 276 g/mol. The van der Waals surface area contributed by atoms with Crippen LogP contribution in [-0.2, 0) is 0 Å². The van der Waals surface area contributed by atoms with Crippen LogP contribution in [0.4, 0.5) is 0 Å². The molecule has 1 atom stereocenters. The molecule has 0 saturated carbocycles. The van der Waals surface area contributed by atoms with Crippen molar-refractivity contribution in [1.29, 1.82) is 0 Å². The molecule has 0 spiro atoms. The Morgan fingerprint density at radius 3 is 2.62 bits per heavy atom. The second kappa shape index (κ2) is 5.58. The van der Waals surface area contributed by atoms with Crippen molar-refractivity contribution in [2.75, 3.05) is 0 Å². The van der Waals surface area contributed by atoms with Gasteiger partial charge in [0.05, 0.1) is 5.52 Å². The van der Waals surface area contributed by atoms with Gasteiger partial charge in [-0.2, -0.15) is 0 Å². The maximum absolute atomic E-state index is 6.26. The van der Waals surface area contributed by atoms with Crippen molar-refractivity contribution in [2.24, 2.45) is 11.7 Å². The van der Waals surface area contributed by atoms with Gasteiger partial charge in [-0.15, -0.1) is 11.3 Å². The predicted octanol–water partition coefficient (Wildman–Crippen LogP) is 4.93. The average Bonchev–Trinajstić information content (AvgIpc) is 2.95. The molecule has 2 N–H and O–H groups in total. The first kappa shape index (κ1) is 14.2. The fraction of sp³-hybridized carbons (Fsp3) is 0.278. The number of pyridine rings is 1. The lowest BCUT2D eigenvalue weighted by molar-refractivity contribution is 0.521.